The Balaban J connectivity index is 1.34. The molecule has 2 fully saturated rings. The van der Waals surface area contributed by atoms with E-state index in [9.17, 15) is 14.4 Å². The van der Waals surface area contributed by atoms with Gasteiger partial charge in [-0.15, -0.1) is 0 Å². The Morgan fingerprint density at radius 3 is 2.55 bits per heavy atom. The number of nitrogens with one attached hydrogen (secondary N) is 2. The summed E-state index contributed by atoms with van der Waals surface area (Å²) in [6.45, 7) is 6.46. The molecule has 2 N–H and O–H groups in total. The second-order valence-corrected chi connectivity index (χ2v) is 11.5. The second-order valence-electron chi connectivity index (χ2n) is 11.5. The average Bonchev–Trinajstić information content (AvgIpc) is 3.04. The molecule has 2 aliphatic rings. The fraction of sp³-hybridized carbons (Fsp3) is 0.559. The minimum Gasteiger partial charge on any atom is -0.497 e. The predicted molar refractivity (Wildman–Crippen MR) is 164 cm³/mol. The van der Waals surface area contributed by atoms with Crippen LogP contribution in [0, 0.1) is 5.92 Å². The van der Waals surface area contributed by atoms with Crippen LogP contribution in [0.1, 0.15) is 92.6 Å². The van der Waals surface area contributed by atoms with Crippen LogP contribution in [0.3, 0.4) is 0 Å². The summed E-state index contributed by atoms with van der Waals surface area (Å²) in [6, 6.07) is 13.0. The first-order valence-corrected chi connectivity index (χ1v) is 15.6. The molecule has 0 bridgehead atoms. The van der Waals surface area contributed by atoms with E-state index in [1.807, 2.05) is 61.2 Å². The number of benzene rings is 2. The molecule has 2 unspecified atom stereocenters. The van der Waals surface area contributed by atoms with E-state index in [0.717, 1.165) is 67.7 Å². The highest BCUT2D eigenvalue weighted by atomic mass is 16.5. The molecular weight excluding hydrogens is 530 g/mol. The van der Waals surface area contributed by atoms with E-state index < -0.39 is 6.04 Å². The molecule has 4 rings (SSSR count). The van der Waals surface area contributed by atoms with Crippen LogP contribution < -0.4 is 20.1 Å². The normalized spacial score (nSPS) is 18.3. The second kappa shape index (κ2) is 15.7. The van der Waals surface area contributed by atoms with E-state index in [2.05, 4.69) is 10.6 Å². The van der Waals surface area contributed by atoms with Gasteiger partial charge in [0.15, 0.2) is 5.78 Å². The summed E-state index contributed by atoms with van der Waals surface area (Å²) in [5, 5.41) is 6.37. The van der Waals surface area contributed by atoms with Gasteiger partial charge in [-0.2, -0.15) is 0 Å². The number of likely N-dealkylation sites (tertiary alicyclic amines) is 1. The largest absolute Gasteiger partial charge is 0.497 e. The molecule has 1 saturated carbocycles. The van der Waals surface area contributed by atoms with Crippen LogP contribution in [-0.2, 0) is 16.1 Å². The van der Waals surface area contributed by atoms with Gasteiger partial charge < -0.3 is 25.0 Å². The van der Waals surface area contributed by atoms with Crippen LogP contribution in [0.15, 0.2) is 42.5 Å². The fourth-order valence-corrected chi connectivity index (χ4v) is 6.30. The molecule has 0 spiro atoms. The van der Waals surface area contributed by atoms with E-state index in [1.165, 1.54) is 6.42 Å². The number of rotatable bonds is 13. The molecular formula is C34H47N3O5. The first kappa shape index (κ1) is 31.5. The Hall–Kier alpha value is -3.39. The highest BCUT2D eigenvalue weighted by Crippen LogP contribution is 2.30. The van der Waals surface area contributed by atoms with Crippen molar-refractivity contribution in [2.24, 2.45) is 5.92 Å². The summed E-state index contributed by atoms with van der Waals surface area (Å²) in [5.74, 6) is 1.86. The number of ether oxygens (including phenoxy) is 2. The third kappa shape index (κ3) is 8.34. The summed E-state index contributed by atoms with van der Waals surface area (Å²) >= 11 is 0. The zero-order valence-corrected chi connectivity index (χ0v) is 25.5. The molecule has 2 aromatic carbocycles. The van der Waals surface area contributed by atoms with Crippen molar-refractivity contribution in [3.8, 4) is 11.5 Å². The van der Waals surface area contributed by atoms with Crippen molar-refractivity contribution in [1.82, 2.24) is 15.5 Å². The van der Waals surface area contributed by atoms with Crippen molar-refractivity contribution in [3.05, 3.63) is 59.2 Å². The van der Waals surface area contributed by atoms with E-state index in [1.54, 1.807) is 7.11 Å². The summed E-state index contributed by atoms with van der Waals surface area (Å²) in [4.78, 5) is 41.1. The third-order valence-corrected chi connectivity index (χ3v) is 8.66. The lowest BCUT2D eigenvalue weighted by Crippen LogP contribution is -2.46. The SMILES string of the molecule is CCOc1cc(OC)ccc1CNCC(=O)N1CCCC(c2cccc(C(=O)NC(C(=O)CC)C3CCCCC3)c2)C1. The molecule has 1 aliphatic heterocycles. The quantitative estimate of drug-likeness (QED) is 0.338. The molecule has 1 saturated heterocycles. The fourth-order valence-electron chi connectivity index (χ4n) is 6.30. The Morgan fingerprint density at radius 1 is 1.00 bits per heavy atom. The first-order valence-electron chi connectivity index (χ1n) is 15.6. The van der Waals surface area contributed by atoms with Crippen molar-refractivity contribution in [2.75, 3.05) is 33.4 Å². The molecule has 2 aromatic rings. The molecule has 1 heterocycles. The number of hydrogen-bond donors (Lipinski definition) is 2. The Labute approximate surface area is 250 Å². The highest BCUT2D eigenvalue weighted by Gasteiger charge is 2.30. The van der Waals surface area contributed by atoms with Crippen molar-refractivity contribution >= 4 is 17.6 Å². The molecule has 0 radical (unpaired) electrons. The maximum Gasteiger partial charge on any atom is 0.251 e. The first-order chi connectivity index (χ1) is 20.4. The molecule has 8 nitrogen and oxygen atoms in total. The molecule has 2 atom stereocenters. The highest BCUT2D eigenvalue weighted by molar-refractivity contribution is 5.98. The number of methoxy groups -OCH3 is 1. The number of ketones is 1. The number of carbonyl (C=O) groups excluding carboxylic acids is 3. The molecule has 2 amide bonds. The Kier molecular flexibility index (Phi) is 11.8. The van der Waals surface area contributed by atoms with E-state index in [4.69, 9.17) is 9.47 Å². The smallest absolute Gasteiger partial charge is 0.251 e. The van der Waals surface area contributed by atoms with Gasteiger partial charge in [0.05, 0.1) is 26.3 Å². The Morgan fingerprint density at radius 2 is 1.81 bits per heavy atom. The number of carbonyl (C=O) groups is 3. The molecule has 1 aliphatic carbocycles. The van der Waals surface area contributed by atoms with Crippen LogP contribution in [0.4, 0.5) is 0 Å². The monoisotopic (exact) mass is 577 g/mol. The minimum atomic E-state index is -0.413. The van der Waals surface area contributed by atoms with Gasteiger partial charge in [0.2, 0.25) is 5.91 Å². The van der Waals surface area contributed by atoms with E-state index >= 15 is 0 Å². The molecule has 42 heavy (non-hydrogen) atoms. The van der Waals surface area contributed by atoms with Crippen LogP contribution >= 0.6 is 0 Å². The van der Waals surface area contributed by atoms with Gasteiger partial charge >= 0.3 is 0 Å². The summed E-state index contributed by atoms with van der Waals surface area (Å²) in [7, 11) is 1.63. The van der Waals surface area contributed by atoms with Crippen molar-refractivity contribution in [1.29, 1.82) is 0 Å². The van der Waals surface area contributed by atoms with Crippen molar-refractivity contribution < 1.29 is 23.9 Å². The van der Waals surface area contributed by atoms with Gasteiger partial charge in [-0.3, -0.25) is 14.4 Å². The number of hydrogen-bond acceptors (Lipinski definition) is 6. The number of nitrogens with zero attached hydrogens (tertiary/aromatic N) is 1. The number of Topliss-reactive ketones (excluding diaryl/α,β-unsaturated/α-hetero) is 1. The zero-order chi connectivity index (χ0) is 29.9. The van der Waals surface area contributed by atoms with Gasteiger partial charge in [0, 0.05) is 49.2 Å². The maximum absolute atomic E-state index is 13.3. The van der Waals surface area contributed by atoms with Gasteiger partial charge in [0.1, 0.15) is 11.5 Å². The topological polar surface area (TPSA) is 97.0 Å². The van der Waals surface area contributed by atoms with E-state index in [-0.39, 0.29) is 36.0 Å². The van der Waals surface area contributed by atoms with Crippen LogP contribution in [0.2, 0.25) is 0 Å². The number of piperidine rings is 1. The van der Waals surface area contributed by atoms with Gasteiger partial charge in [-0.05, 0) is 62.3 Å². The van der Waals surface area contributed by atoms with Crippen LogP contribution in [0.5, 0.6) is 11.5 Å². The lowest BCUT2D eigenvalue weighted by atomic mass is 9.81. The third-order valence-electron chi connectivity index (χ3n) is 8.66. The predicted octanol–water partition coefficient (Wildman–Crippen LogP) is 5.25. The summed E-state index contributed by atoms with van der Waals surface area (Å²) in [5.41, 5.74) is 2.61. The molecule has 228 valence electrons. The molecule has 0 aromatic heterocycles. The van der Waals surface area contributed by atoms with Crippen LogP contribution in [0.25, 0.3) is 0 Å². The zero-order valence-electron chi connectivity index (χ0n) is 25.5. The summed E-state index contributed by atoms with van der Waals surface area (Å²) in [6.07, 6.45) is 7.72. The molecule has 8 heteroatoms. The van der Waals surface area contributed by atoms with Gasteiger partial charge in [0.25, 0.3) is 5.91 Å². The number of amides is 2. The lowest BCUT2D eigenvalue weighted by Gasteiger charge is -2.33. The maximum atomic E-state index is 13.3. The van der Waals surface area contributed by atoms with Crippen molar-refractivity contribution in [2.45, 2.75) is 83.7 Å². The van der Waals surface area contributed by atoms with E-state index in [0.29, 0.717) is 31.7 Å². The van der Waals surface area contributed by atoms with Crippen LogP contribution in [-0.4, -0.2) is 61.9 Å². The minimum absolute atomic E-state index is 0.0634. The lowest BCUT2D eigenvalue weighted by molar-refractivity contribution is -0.131. The van der Waals surface area contributed by atoms with Gasteiger partial charge in [-0.1, -0.05) is 44.4 Å². The summed E-state index contributed by atoms with van der Waals surface area (Å²) < 4.78 is 11.1. The average molecular weight is 578 g/mol. The Bertz CT molecular complexity index is 1210. The van der Waals surface area contributed by atoms with Gasteiger partial charge in [-0.25, -0.2) is 0 Å². The van der Waals surface area contributed by atoms with Crippen molar-refractivity contribution in [3.63, 3.8) is 0 Å². The standard InChI is InChI=1S/C34H47N3O5/c1-4-30(38)33(24-11-7-6-8-12-24)36-34(40)26-14-9-13-25(19-26)28-15-10-18-37(23-28)32(39)22-35-21-27-16-17-29(41-3)20-31(27)42-5-2/h9,13-14,16-17,19-20,24,28,33,35H,4-8,10-12,15,18,21-23H2,1-3H3,(H,36,40).